The first kappa shape index (κ1) is 22.4. The van der Waals surface area contributed by atoms with E-state index in [1.54, 1.807) is 6.20 Å². The van der Waals surface area contributed by atoms with Crippen molar-refractivity contribution in [2.45, 2.75) is 33.0 Å². The van der Waals surface area contributed by atoms with Gasteiger partial charge in [-0.2, -0.15) is 5.10 Å². The van der Waals surface area contributed by atoms with E-state index in [9.17, 15) is 4.79 Å². The molecule has 4 rings (SSSR count). The van der Waals surface area contributed by atoms with Gasteiger partial charge in [0.1, 0.15) is 6.61 Å². The second-order valence-electron chi connectivity index (χ2n) is 7.64. The van der Waals surface area contributed by atoms with Crippen molar-refractivity contribution in [3.63, 3.8) is 0 Å². The van der Waals surface area contributed by atoms with E-state index in [0.29, 0.717) is 30.3 Å². The molecule has 7 nitrogen and oxygen atoms in total. The normalized spacial score (nSPS) is 10.7. The Kier molecular flexibility index (Phi) is 7.26. The lowest BCUT2D eigenvalue weighted by Gasteiger charge is -2.12. The van der Waals surface area contributed by atoms with Crippen LogP contribution >= 0.6 is 12.2 Å². The van der Waals surface area contributed by atoms with Crippen LogP contribution in [0.1, 0.15) is 23.1 Å². The summed E-state index contributed by atoms with van der Waals surface area (Å²) >= 11 is 5.37. The number of aromatic nitrogens is 4. The summed E-state index contributed by atoms with van der Waals surface area (Å²) in [6, 6.07) is 21.6. The number of carbonyl (C=O) groups excluding carboxylic acids is 1. The molecule has 168 valence electrons. The van der Waals surface area contributed by atoms with Gasteiger partial charge in [0.05, 0.1) is 0 Å². The van der Waals surface area contributed by atoms with E-state index in [1.165, 1.54) is 0 Å². The van der Waals surface area contributed by atoms with Crippen LogP contribution in [-0.2, 0) is 24.5 Å². The van der Waals surface area contributed by atoms with Gasteiger partial charge in [-0.15, -0.1) is 0 Å². The molecule has 2 aromatic carbocycles. The minimum Gasteiger partial charge on any atom is -0.473 e. The molecule has 2 heterocycles. The van der Waals surface area contributed by atoms with Gasteiger partial charge in [-0.05, 0) is 36.8 Å². The molecule has 8 heteroatoms. The number of rotatable bonds is 9. The molecule has 0 unspecified atom stereocenters. The van der Waals surface area contributed by atoms with Gasteiger partial charge < -0.3 is 10.1 Å². The standard InChI is InChI=1S/C25H25N5O2S/c1-18-7-5-10-20(15-18)23-28-29-25(33)30(23)14-12-22(31)27-16-21-11-6-13-26-24(21)32-17-19-8-3-2-4-9-19/h2-11,13,15H,12,14,16-17H2,1H3,(H,27,31)(H,29,33). The first-order chi connectivity index (χ1) is 16.1. The molecular formula is C25H25N5O2S. The Balaban J connectivity index is 1.35. The van der Waals surface area contributed by atoms with E-state index in [4.69, 9.17) is 17.0 Å². The predicted molar refractivity (Wildman–Crippen MR) is 129 cm³/mol. The summed E-state index contributed by atoms with van der Waals surface area (Å²) in [5.74, 6) is 1.15. The fraction of sp³-hybridized carbons (Fsp3) is 0.200. The van der Waals surface area contributed by atoms with Crippen LogP contribution < -0.4 is 10.1 Å². The highest BCUT2D eigenvalue weighted by atomic mass is 32.1. The summed E-state index contributed by atoms with van der Waals surface area (Å²) in [4.78, 5) is 16.9. The van der Waals surface area contributed by atoms with Gasteiger partial charge in [0.25, 0.3) is 0 Å². The number of nitrogens with one attached hydrogen (secondary N) is 2. The fourth-order valence-corrected chi connectivity index (χ4v) is 3.66. The SMILES string of the molecule is Cc1cccc(-c2n[nH]c(=S)n2CCC(=O)NCc2cccnc2OCc2ccccc2)c1. The molecule has 2 aromatic heterocycles. The van der Waals surface area contributed by atoms with Gasteiger partial charge in [-0.25, -0.2) is 4.98 Å². The van der Waals surface area contributed by atoms with Crippen LogP contribution in [0.4, 0.5) is 0 Å². The second kappa shape index (κ2) is 10.7. The van der Waals surface area contributed by atoms with E-state index in [0.717, 1.165) is 28.1 Å². The van der Waals surface area contributed by atoms with E-state index in [1.807, 2.05) is 78.2 Å². The number of amides is 1. The van der Waals surface area contributed by atoms with Gasteiger partial charge in [0, 0.05) is 36.8 Å². The van der Waals surface area contributed by atoms with Crippen molar-refractivity contribution in [2.24, 2.45) is 0 Å². The Morgan fingerprint density at radius 3 is 2.79 bits per heavy atom. The fourth-order valence-electron chi connectivity index (χ4n) is 3.44. The third-order valence-electron chi connectivity index (χ3n) is 5.14. The minimum atomic E-state index is -0.0915. The summed E-state index contributed by atoms with van der Waals surface area (Å²) in [6.07, 6.45) is 1.95. The van der Waals surface area contributed by atoms with Crippen molar-refractivity contribution in [2.75, 3.05) is 0 Å². The largest absolute Gasteiger partial charge is 0.473 e. The number of carbonyl (C=O) groups is 1. The third kappa shape index (κ3) is 5.93. The lowest BCUT2D eigenvalue weighted by molar-refractivity contribution is -0.121. The first-order valence-corrected chi connectivity index (χ1v) is 11.1. The molecule has 0 fully saturated rings. The van der Waals surface area contributed by atoms with E-state index in [2.05, 4.69) is 20.5 Å². The van der Waals surface area contributed by atoms with Gasteiger partial charge in [-0.3, -0.25) is 14.5 Å². The maximum absolute atomic E-state index is 12.6. The molecule has 0 aliphatic rings. The zero-order valence-corrected chi connectivity index (χ0v) is 19.1. The Bertz CT molecular complexity index is 1280. The number of hydrogen-bond donors (Lipinski definition) is 2. The van der Waals surface area contributed by atoms with Crippen molar-refractivity contribution in [3.05, 3.63) is 94.4 Å². The highest BCUT2D eigenvalue weighted by molar-refractivity contribution is 7.71. The first-order valence-electron chi connectivity index (χ1n) is 10.7. The summed E-state index contributed by atoms with van der Waals surface area (Å²) in [5, 5.41) is 10.1. The average Bonchev–Trinajstić information content (AvgIpc) is 3.21. The van der Waals surface area contributed by atoms with E-state index in [-0.39, 0.29) is 12.3 Å². The maximum atomic E-state index is 12.6. The van der Waals surface area contributed by atoms with Crippen LogP contribution in [0.15, 0.2) is 72.9 Å². The monoisotopic (exact) mass is 459 g/mol. The Morgan fingerprint density at radius 2 is 1.97 bits per heavy atom. The quantitative estimate of drug-likeness (QED) is 0.358. The Hall–Kier alpha value is -3.78. The molecule has 0 spiro atoms. The number of hydrogen-bond acceptors (Lipinski definition) is 5. The van der Waals surface area contributed by atoms with Crippen molar-refractivity contribution in [1.29, 1.82) is 0 Å². The minimum absolute atomic E-state index is 0.0915. The number of aryl methyl sites for hydroxylation is 1. The smallest absolute Gasteiger partial charge is 0.222 e. The molecule has 33 heavy (non-hydrogen) atoms. The van der Waals surface area contributed by atoms with Crippen LogP contribution in [0.25, 0.3) is 11.4 Å². The number of pyridine rings is 1. The van der Waals surface area contributed by atoms with Gasteiger partial charge in [0.2, 0.25) is 11.8 Å². The Labute approximate surface area is 197 Å². The van der Waals surface area contributed by atoms with Crippen molar-refractivity contribution >= 4 is 18.1 Å². The maximum Gasteiger partial charge on any atom is 0.222 e. The summed E-state index contributed by atoms with van der Waals surface area (Å²) in [6.45, 7) is 3.20. The number of ether oxygens (including phenoxy) is 1. The van der Waals surface area contributed by atoms with Crippen molar-refractivity contribution in [3.8, 4) is 17.3 Å². The molecule has 0 saturated heterocycles. The lowest BCUT2D eigenvalue weighted by Crippen LogP contribution is -2.24. The third-order valence-corrected chi connectivity index (χ3v) is 5.45. The highest BCUT2D eigenvalue weighted by Crippen LogP contribution is 2.19. The number of benzene rings is 2. The van der Waals surface area contributed by atoms with Crippen LogP contribution in [0.5, 0.6) is 5.88 Å². The molecular weight excluding hydrogens is 434 g/mol. The zero-order valence-electron chi connectivity index (χ0n) is 18.3. The van der Waals surface area contributed by atoms with Crippen LogP contribution in [0.3, 0.4) is 0 Å². The van der Waals surface area contributed by atoms with Gasteiger partial charge in [-0.1, -0.05) is 60.2 Å². The molecule has 0 atom stereocenters. The molecule has 0 saturated carbocycles. The highest BCUT2D eigenvalue weighted by Gasteiger charge is 2.12. The number of H-pyrrole nitrogens is 1. The molecule has 0 radical (unpaired) electrons. The van der Waals surface area contributed by atoms with Crippen LogP contribution in [0, 0.1) is 11.7 Å². The van der Waals surface area contributed by atoms with Crippen molar-refractivity contribution in [1.82, 2.24) is 25.1 Å². The average molecular weight is 460 g/mol. The van der Waals surface area contributed by atoms with Crippen LogP contribution in [-0.4, -0.2) is 25.7 Å². The summed E-state index contributed by atoms with van der Waals surface area (Å²) < 4.78 is 8.21. The second-order valence-corrected chi connectivity index (χ2v) is 8.03. The molecule has 0 aliphatic heterocycles. The van der Waals surface area contributed by atoms with Gasteiger partial charge >= 0.3 is 0 Å². The summed E-state index contributed by atoms with van der Waals surface area (Å²) in [5.41, 5.74) is 3.97. The van der Waals surface area contributed by atoms with E-state index >= 15 is 0 Å². The molecule has 4 aromatic rings. The number of nitrogens with zero attached hydrogens (tertiary/aromatic N) is 3. The molecule has 0 aliphatic carbocycles. The molecule has 2 N–H and O–H groups in total. The molecule has 0 bridgehead atoms. The topological polar surface area (TPSA) is 84.8 Å². The van der Waals surface area contributed by atoms with Crippen molar-refractivity contribution < 1.29 is 9.53 Å². The number of aromatic amines is 1. The van der Waals surface area contributed by atoms with Gasteiger partial charge in [0.15, 0.2) is 10.6 Å². The lowest BCUT2D eigenvalue weighted by atomic mass is 10.1. The zero-order chi connectivity index (χ0) is 23.0. The van der Waals surface area contributed by atoms with Crippen LogP contribution in [0.2, 0.25) is 0 Å². The molecule has 1 amide bonds. The predicted octanol–water partition coefficient (Wildman–Crippen LogP) is 4.60. The van der Waals surface area contributed by atoms with E-state index < -0.39 is 0 Å². The Morgan fingerprint density at radius 1 is 1.12 bits per heavy atom. The summed E-state index contributed by atoms with van der Waals surface area (Å²) in [7, 11) is 0.